The Morgan fingerprint density at radius 3 is 2.95 bits per heavy atom. The molecule has 2 aromatic rings. The van der Waals surface area contributed by atoms with Crippen molar-refractivity contribution in [1.29, 1.82) is 0 Å². The summed E-state index contributed by atoms with van der Waals surface area (Å²) in [5, 5.41) is 12.9. The molecule has 0 saturated heterocycles. The van der Waals surface area contributed by atoms with Crippen LogP contribution in [0.1, 0.15) is 17.8 Å². The van der Waals surface area contributed by atoms with E-state index in [0.29, 0.717) is 19.3 Å². The van der Waals surface area contributed by atoms with Crippen LogP contribution in [0.2, 0.25) is 0 Å². The number of amides is 1. The van der Waals surface area contributed by atoms with E-state index < -0.39 is 11.6 Å². The highest BCUT2D eigenvalue weighted by molar-refractivity contribution is 5.92. The molecule has 1 amide bonds. The zero-order chi connectivity index (χ0) is 14.1. The smallest absolute Gasteiger partial charge is 0.227 e. The van der Waals surface area contributed by atoms with Gasteiger partial charge in [0.25, 0.3) is 0 Å². The summed E-state index contributed by atoms with van der Waals surface area (Å²) in [7, 11) is 0. The second-order valence-electron chi connectivity index (χ2n) is 4.77. The summed E-state index contributed by atoms with van der Waals surface area (Å²) in [4.78, 5) is 12.1. The third-order valence-electron chi connectivity index (χ3n) is 3.43. The number of anilines is 1. The maximum absolute atomic E-state index is 13.5. The highest BCUT2D eigenvalue weighted by Crippen LogP contribution is 2.24. The van der Waals surface area contributed by atoms with Crippen molar-refractivity contribution in [3.63, 3.8) is 0 Å². The second-order valence-corrected chi connectivity index (χ2v) is 4.77. The fourth-order valence-corrected chi connectivity index (χ4v) is 2.34. The summed E-state index contributed by atoms with van der Waals surface area (Å²) in [6, 6.07) is 2.96. The van der Waals surface area contributed by atoms with Crippen molar-refractivity contribution >= 4 is 11.6 Å². The summed E-state index contributed by atoms with van der Waals surface area (Å²) < 4.78 is 26.5. The molecule has 1 aliphatic rings. The summed E-state index contributed by atoms with van der Waals surface area (Å²) in [6.45, 7) is 0. The molecule has 1 aromatic carbocycles. The van der Waals surface area contributed by atoms with Gasteiger partial charge in [-0.1, -0.05) is 0 Å². The van der Waals surface area contributed by atoms with E-state index in [1.807, 2.05) is 0 Å². The predicted octanol–water partition coefficient (Wildman–Crippen LogP) is 1.83. The van der Waals surface area contributed by atoms with E-state index in [0.717, 1.165) is 29.6 Å². The van der Waals surface area contributed by atoms with E-state index in [1.54, 1.807) is 0 Å². The molecule has 0 bridgehead atoms. The normalized spacial score (nSPS) is 17.6. The van der Waals surface area contributed by atoms with Gasteiger partial charge in [0.15, 0.2) is 0 Å². The molecule has 1 heterocycles. The van der Waals surface area contributed by atoms with Crippen LogP contribution in [0.3, 0.4) is 0 Å². The Morgan fingerprint density at radius 1 is 1.30 bits per heavy atom. The van der Waals surface area contributed by atoms with Crippen molar-refractivity contribution in [2.45, 2.75) is 19.3 Å². The van der Waals surface area contributed by atoms with Gasteiger partial charge in [-0.25, -0.2) is 8.78 Å². The predicted molar refractivity (Wildman–Crippen MR) is 66.9 cm³/mol. The van der Waals surface area contributed by atoms with E-state index in [9.17, 15) is 13.6 Å². The van der Waals surface area contributed by atoms with Crippen LogP contribution in [-0.4, -0.2) is 21.3 Å². The number of carbonyl (C=O) groups is 1. The minimum atomic E-state index is -0.655. The van der Waals surface area contributed by atoms with Gasteiger partial charge < -0.3 is 5.32 Å². The molecule has 20 heavy (non-hydrogen) atoms. The maximum atomic E-state index is 13.5. The monoisotopic (exact) mass is 278 g/mol. The number of H-pyrrole nitrogens is 1. The third-order valence-corrected chi connectivity index (χ3v) is 3.43. The van der Waals surface area contributed by atoms with Crippen molar-refractivity contribution in [3.05, 3.63) is 41.2 Å². The van der Waals surface area contributed by atoms with E-state index >= 15 is 0 Å². The Kier molecular flexibility index (Phi) is 3.17. The van der Waals surface area contributed by atoms with Gasteiger partial charge in [0.2, 0.25) is 5.91 Å². The summed E-state index contributed by atoms with van der Waals surface area (Å²) in [5.74, 6) is -1.89. The Bertz CT molecular complexity index is 656. The van der Waals surface area contributed by atoms with E-state index in [4.69, 9.17) is 0 Å². The lowest BCUT2D eigenvalue weighted by atomic mass is 9.89. The number of aromatic nitrogens is 3. The quantitative estimate of drug-likeness (QED) is 0.880. The first kappa shape index (κ1) is 12.7. The van der Waals surface area contributed by atoms with Gasteiger partial charge in [-0.3, -0.25) is 4.79 Å². The van der Waals surface area contributed by atoms with Gasteiger partial charge in [-0.15, -0.1) is 0 Å². The number of nitrogens with zero attached hydrogens (tertiary/aromatic N) is 2. The van der Waals surface area contributed by atoms with Gasteiger partial charge in [-0.2, -0.15) is 15.4 Å². The number of fused-ring (bicyclic) bond motifs is 1. The number of hydrogen-bond donors (Lipinski definition) is 2. The van der Waals surface area contributed by atoms with Crippen molar-refractivity contribution in [2.75, 3.05) is 5.32 Å². The number of carbonyl (C=O) groups excluding carboxylic acids is 1. The number of aromatic amines is 1. The third kappa shape index (κ3) is 2.38. The molecule has 1 aromatic heterocycles. The van der Waals surface area contributed by atoms with Crippen LogP contribution in [0.5, 0.6) is 0 Å². The molecular weight excluding hydrogens is 266 g/mol. The molecule has 0 spiro atoms. The number of benzene rings is 1. The van der Waals surface area contributed by atoms with Gasteiger partial charge in [-0.05, 0) is 25.0 Å². The Morgan fingerprint density at radius 2 is 2.10 bits per heavy atom. The van der Waals surface area contributed by atoms with Gasteiger partial charge >= 0.3 is 0 Å². The van der Waals surface area contributed by atoms with Crippen LogP contribution in [0.4, 0.5) is 14.5 Å². The molecule has 5 nitrogen and oxygen atoms in total. The van der Waals surface area contributed by atoms with E-state index in [1.165, 1.54) is 0 Å². The van der Waals surface area contributed by atoms with Crippen LogP contribution >= 0.6 is 0 Å². The Labute approximate surface area is 113 Å². The van der Waals surface area contributed by atoms with Crippen LogP contribution in [0.25, 0.3) is 0 Å². The molecule has 0 radical (unpaired) electrons. The fraction of sp³-hybridized carbons (Fsp3) is 0.308. The summed E-state index contributed by atoms with van der Waals surface area (Å²) in [5.41, 5.74) is 1.49. The van der Waals surface area contributed by atoms with E-state index in [-0.39, 0.29) is 17.5 Å². The molecule has 0 aliphatic heterocycles. The first-order chi connectivity index (χ1) is 9.63. The largest absolute Gasteiger partial charge is 0.323 e. The average molecular weight is 278 g/mol. The van der Waals surface area contributed by atoms with Gasteiger partial charge in [0, 0.05) is 18.4 Å². The summed E-state index contributed by atoms with van der Waals surface area (Å²) >= 11 is 0. The van der Waals surface area contributed by atoms with Gasteiger partial charge in [0.05, 0.1) is 17.1 Å². The Balaban J connectivity index is 1.73. The molecule has 3 rings (SSSR count). The molecule has 0 fully saturated rings. The molecule has 7 heteroatoms. The first-order valence-corrected chi connectivity index (χ1v) is 6.28. The zero-order valence-electron chi connectivity index (χ0n) is 10.5. The lowest BCUT2D eigenvalue weighted by molar-refractivity contribution is -0.120. The number of hydrogen-bond acceptors (Lipinski definition) is 3. The van der Waals surface area contributed by atoms with E-state index in [2.05, 4.69) is 20.7 Å². The summed E-state index contributed by atoms with van der Waals surface area (Å²) in [6.07, 6.45) is 1.71. The standard InChI is InChI=1S/C13H12F2N4O/c14-8-2-3-9(15)11(6-8)16-13(20)7-1-4-10-12(5-7)18-19-17-10/h2-3,6-7H,1,4-5H2,(H,16,20)(H,17,18,19). The van der Waals surface area contributed by atoms with Crippen molar-refractivity contribution in [1.82, 2.24) is 15.4 Å². The van der Waals surface area contributed by atoms with Crippen LogP contribution in [-0.2, 0) is 17.6 Å². The first-order valence-electron chi connectivity index (χ1n) is 6.28. The molecule has 1 unspecified atom stereocenters. The van der Waals surface area contributed by atoms with Crippen molar-refractivity contribution in [3.8, 4) is 0 Å². The maximum Gasteiger partial charge on any atom is 0.227 e. The minimum Gasteiger partial charge on any atom is -0.323 e. The lowest BCUT2D eigenvalue weighted by Crippen LogP contribution is -2.28. The molecule has 0 saturated carbocycles. The molecule has 104 valence electrons. The number of halogens is 2. The molecule has 1 atom stereocenters. The Hall–Kier alpha value is -2.31. The average Bonchev–Trinajstić information content (AvgIpc) is 2.90. The van der Waals surface area contributed by atoms with Crippen LogP contribution in [0, 0.1) is 17.6 Å². The second kappa shape index (κ2) is 4.99. The topological polar surface area (TPSA) is 70.7 Å². The molecular formula is C13H12F2N4O. The molecule has 1 aliphatic carbocycles. The zero-order valence-corrected chi connectivity index (χ0v) is 10.5. The highest BCUT2D eigenvalue weighted by atomic mass is 19.1. The van der Waals surface area contributed by atoms with Crippen molar-refractivity contribution < 1.29 is 13.6 Å². The SMILES string of the molecule is O=C(Nc1cc(F)ccc1F)C1CCc2n[nH]nc2C1. The van der Waals surface area contributed by atoms with Crippen LogP contribution < -0.4 is 5.32 Å². The minimum absolute atomic E-state index is 0.138. The number of aryl methyl sites for hydroxylation is 1. The lowest BCUT2D eigenvalue weighted by Gasteiger charge is -2.19. The molecule has 2 N–H and O–H groups in total. The number of nitrogens with one attached hydrogen (secondary N) is 2. The van der Waals surface area contributed by atoms with Gasteiger partial charge in [0.1, 0.15) is 11.6 Å². The van der Waals surface area contributed by atoms with Crippen LogP contribution in [0.15, 0.2) is 18.2 Å². The highest BCUT2D eigenvalue weighted by Gasteiger charge is 2.27. The fourth-order valence-electron chi connectivity index (χ4n) is 2.34. The number of rotatable bonds is 2. The van der Waals surface area contributed by atoms with Crippen molar-refractivity contribution in [2.24, 2.45) is 5.92 Å².